The number of rotatable bonds is 6. The molecule has 0 saturated carbocycles. The minimum Gasteiger partial charge on any atom is -0.381 e. The molecule has 0 fully saturated rings. The van der Waals surface area contributed by atoms with E-state index in [0.717, 1.165) is 0 Å². The van der Waals surface area contributed by atoms with Crippen LogP contribution in [0.15, 0.2) is 12.5 Å². The average molecular weight is 305 g/mol. The van der Waals surface area contributed by atoms with Crippen LogP contribution in [0, 0.1) is 0 Å². The largest absolute Gasteiger partial charge is 0.381 e. The van der Waals surface area contributed by atoms with E-state index >= 15 is 0 Å². The molecule has 0 aliphatic carbocycles. The molecule has 2 aromatic rings. The maximum absolute atomic E-state index is 12.8. The third-order valence-corrected chi connectivity index (χ3v) is 2.97. The first kappa shape index (κ1) is 14.8. The van der Waals surface area contributed by atoms with Crippen LogP contribution in [0.3, 0.4) is 0 Å². The van der Waals surface area contributed by atoms with Gasteiger partial charge in [0.2, 0.25) is 0 Å². The van der Waals surface area contributed by atoms with Crippen LogP contribution in [0.2, 0.25) is 0 Å². The molecule has 1 atom stereocenters. The molecule has 110 valence electrons. The van der Waals surface area contributed by atoms with Gasteiger partial charge in [-0.25, -0.2) is 18.9 Å². The van der Waals surface area contributed by atoms with Gasteiger partial charge in [0, 0.05) is 6.42 Å². The number of hydrogen-bond acceptors (Lipinski definition) is 6. The van der Waals surface area contributed by atoms with E-state index in [1.54, 1.807) is 0 Å². The minimum atomic E-state index is -4.34. The van der Waals surface area contributed by atoms with Crippen LogP contribution >= 0.6 is 7.60 Å². The third-order valence-electron chi connectivity index (χ3n) is 2.49. The van der Waals surface area contributed by atoms with Crippen molar-refractivity contribution >= 4 is 19.1 Å². The first-order valence-electron chi connectivity index (χ1n) is 5.56. The van der Waals surface area contributed by atoms with Gasteiger partial charge in [0.1, 0.15) is 19.3 Å². The number of ether oxygens (including phenoxy) is 1. The monoisotopic (exact) mass is 305 g/mol. The van der Waals surface area contributed by atoms with Crippen molar-refractivity contribution in [2.45, 2.75) is 12.5 Å². The third kappa shape index (κ3) is 3.48. The summed E-state index contributed by atoms with van der Waals surface area (Å²) in [7, 11) is -4.34. The van der Waals surface area contributed by atoms with Crippen LogP contribution in [0.4, 0.5) is 10.2 Å². The Bertz CT molecular complexity index is 644. The first-order chi connectivity index (χ1) is 9.40. The summed E-state index contributed by atoms with van der Waals surface area (Å²) >= 11 is 0. The van der Waals surface area contributed by atoms with E-state index in [4.69, 9.17) is 20.3 Å². The van der Waals surface area contributed by atoms with Crippen LogP contribution in [-0.4, -0.2) is 48.5 Å². The van der Waals surface area contributed by atoms with E-state index in [-0.39, 0.29) is 12.2 Å². The number of nitrogens with zero attached hydrogens (tertiary/aromatic N) is 4. The van der Waals surface area contributed by atoms with Crippen LogP contribution in [0.25, 0.3) is 5.65 Å². The maximum atomic E-state index is 12.8. The second kappa shape index (κ2) is 5.80. The van der Waals surface area contributed by atoms with Crippen molar-refractivity contribution in [3.8, 4) is 0 Å². The van der Waals surface area contributed by atoms with E-state index in [2.05, 4.69) is 15.1 Å². The fourth-order valence-corrected chi connectivity index (χ4v) is 2.02. The molecule has 2 aromatic heterocycles. The highest BCUT2D eigenvalue weighted by Gasteiger charge is 2.20. The summed E-state index contributed by atoms with van der Waals surface area (Å²) in [4.78, 5) is 25.2. The standard InChI is InChI=1S/C9H13FN5O4P/c10-2-7(19-5-20(16,17)18)1-6-3-12-9-8(11)13-4-14-15(6)9/h3-4,7H,1-2,5H2,(H2,11,13,14)(H2,16,17,18)/t7-/m1/s1. The van der Waals surface area contributed by atoms with Gasteiger partial charge in [-0.15, -0.1) is 0 Å². The molecule has 0 aliphatic rings. The Hall–Kier alpha value is -1.61. The number of aromatic nitrogens is 4. The normalized spacial score (nSPS) is 13.8. The zero-order valence-electron chi connectivity index (χ0n) is 10.3. The van der Waals surface area contributed by atoms with Crippen molar-refractivity contribution < 1.29 is 23.5 Å². The predicted octanol–water partition coefficient (Wildman–Crippen LogP) is -0.261. The number of alkyl halides is 1. The molecular weight excluding hydrogens is 292 g/mol. The highest BCUT2D eigenvalue weighted by Crippen LogP contribution is 2.34. The molecule has 2 rings (SSSR count). The number of anilines is 1. The Balaban J connectivity index is 2.14. The van der Waals surface area contributed by atoms with Crippen LogP contribution in [-0.2, 0) is 15.7 Å². The van der Waals surface area contributed by atoms with E-state index in [1.165, 1.54) is 17.0 Å². The molecule has 0 saturated heterocycles. The van der Waals surface area contributed by atoms with Crippen molar-refractivity contribution in [2.24, 2.45) is 0 Å². The summed E-state index contributed by atoms with van der Waals surface area (Å²) in [6, 6.07) is 0. The molecule has 0 aromatic carbocycles. The summed E-state index contributed by atoms with van der Waals surface area (Å²) < 4.78 is 29.8. The van der Waals surface area contributed by atoms with Gasteiger partial charge in [-0.1, -0.05) is 0 Å². The number of fused-ring (bicyclic) bond motifs is 1. The van der Waals surface area contributed by atoms with Crippen molar-refractivity contribution in [1.82, 2.24) is 19.6 Å². The number of halogens is 1. The molecule has 0 bridgehead atoms. The summed E-state index contributed by atoms with van der Waals surface area (Å²) in [5, 5.41) is 3.93. The zero-order chi connectivity index (χ0) is 14.8. The van der Waals surface area contributed by atoms with Gasteiger partial charge < -0.3 is 20.3 Å². The average Bonchev–Trinajstić information content (AvgIpc) is 2.78. The topological polar surface area (TPSA) is 136 Å². The highest BCUT2D eigenvalue weighted by atomic mass is 31.2. The second-order valence-electron chi connectivity index (χ2n) is 4.07. The first-order valence-corrected chi connectivity index (χ1v) is 7.35. The smallest absolute Gasteiger partial charge is 0.350 e. The van der Waals surface area contributed by atoms with Crippen LogP contribution < -0.4 is 5.73 Å². The lowest BCUT2D eigenvalue weighted by molar-refractivity contribution is 0.0552. The number of hydrogen-bond donors (Lipinski definition) is 3. The number of nitrogen functional groups attached to an aromatic ring is 1. The van der Waals surface area contributed by atoms with Crippen molar-refractivity contribution in [3.63, 3.8) is 0 Å². The van der Waals surface area contributed by atoms with Gasteiger partial charge in [-0.05, 0) is 0 Å². The summed E-state index contributed by atoms with van der Waals surface area (Å²) in [5.41, 5.74) is 6.44. The summed E-state index contributed by atoms with van der Waals surface area (Å²) in [6.07, 6.45) is 0.876. The Morgan fingerprint density at radius 3 is 2.90 bits per heavy atom. The summed E-state index contributed by atoms with van der Waals surface area (Å²) in [6.45, 7) is -0.895. The summed E-state index contributed by atoms with van der Waals surface area (Å²) in [5.74, 6) is 0.180. The molecule has 4 N–H and O–H groups in total. The zero-order valence-corrected chi connectivity index (χ0v) is 11.2. The van der Waals surface area contributed by atoms with Crippen LogP contribution in [0.1, 0.15) is 5.69 Å². The van der Waals surface area contributed by atoms with Gasteiger partial charge in [-0.3, -0.25) is 4.57 Å². The van der Waals surface area contributed by atoms with Crippen molar-refractivity contribution in [1.29, 1.82) is 0 Å². The fraction of sp³-hybridized carbons (Fsp3) is 0.444. The minimum absolute atomic E-state index is 0.0497. The molecule has 2 heterocycles. The fourth-order valence-electron chi connectivity index (χ4n) is 1.61. The van der Waals surface area contributed by atoms with E-state index in [1.807, 2.05) is 0 Å². The molecule has 9 nitrogen and oxygen atoms in total. The Labute approximate surface area is 112 Å². The lowest BCUT2D eigenvalue weighted by atomic mass is 10.2. The predicted molar refractivity (Wildman–Crippen MR) is 66.7 cm³/mol. The molecular formula is C9H13FN5O4P. The maximum Gasteiger partial charge on any atom is 0.350 e. The Morgan fingerprint density at radius 1 is 1.50 bits per heavy atom. The molecule has 20 heavy (non-hydrogen) atoms. The Kier molecular flexibility index (Phi) is 4.29. The van der Waals surface area contributed by atoms with Crippen molar-refractivity contribution in [3.05, 3.63) is 18.2 Å². The molecule has 0 radical (unpaired) electrons. The highest BCUT2D eigenvalue weighted by molar-refractivity contribution is 7.51. The van der Waals surface area contributed by atoms with Gasteiger partial charge >= 0.3 is 7.60 Å². The molecule has 0 unspecified atom stereocenters. The molecule has 0 spiro atoms. The van der Waals surface area contributed by atoms with Gasteiger partial charge in [-0.2, -0.15) is 5.10 Å². The molecule has 0 amide bonds. The Morgan fingerprint density at radius 2 is 2.25 bits per heavy atom. The van der Waals surface area contributed by atoms with Gasteiger partial charge in [0.15, 0.2) is 11.5 Å². The van der Waals surface area contributed by atoms with E-state index in [9.17, 15) is 8.96 Å². The number of nitrogens with two attached hydrogens (primary N) is 1. The molecule has 11 heteroatoms. The second-order valence-corrected chi connectivity index (χ2v) is 5.66. The van der Waals surface area contributed by atoms with Gasteiger partial charge in [0.05, 0.1) is 18.0 Å². The van der Waals surface area contributed by atoms with Crippen LogP contribution in [0.5, 0.6) is 0 Å². The van der Waals surface area contributed by atoms with E-state index in [0.29, 0.717) is 11.3 Å². The van der Waals surface area contributed by atoms with Crippen molar-refractivity contribution in [2.75, 3.05) is 18.8 Å². The SMILES string of the molecule is Nc1ncnn2c(C[C@H](CF)OCP(=O)(O)O)cnc12. The quantitative estimate of drug-likeness (QED) is 0.621. The lowest BCUT2D eigenvalue weighted by Gasteiger charge is -2.14. The number of imidazole rings is 1. The lowest BCUT2D eigenvalue weighted by Crippen LogP contribution is -2.20. The van der Waals surface area contributed by atoms with Gasteiger partial charge in [0.25, 0.3) is 0 Å². The molecule has 0 aliphatic heterocycles. The van der Waals surface area contributed by atoms with E-state index < -0.39 is 26.7 Å².